The molecule has 2 heteroatoms. The van der Waals surface area contributed by atoms with Gasteiger partial charge in [-0.3, -0.25) is 4.79 Å². The minimum Gasteiger partial charge on any atom is -0.289 e. The predicted molar refractivity (Wildman–Crippen MR) is 226 cm³/mol. The van der Waals surface area contributed by atoms with Crippen molar-refractivity contribution in [3.63, 3.8) is 0 Å². The fraction of sp³-hybridized carbons (Fsp3) is 0.0962. The first-order chi connectivity index (χ1) is 26.4. The van der Waals surface area contributed by atoms with Crippen LogP contribution in [-0.2, 0) is 5.41 Å². The molecule has 0 saturated heterocycles. The van der Waals surface area contributed by atoms with Gasteiger partial charge in [0.2, 0.25) is 0 Å². The molecular formula is C52H34OSi. The zero-order chi connectivity index (χ0) is 35.8. The Morgan fingerprint density at radius 3 is 1.87 bits per heavy atom. The summed E-state index contributed by atoms with van der Waals surface area (Å²) in [5.74, 6) is 0.248. The fourth-order valence-corrected chi connectivity index (χ4v) is 13.8. The van der Waals surface area contributed by atoms with E-state index in [1.807, 2.05) is 6.07 Å². The molecule has 8 aromatic rings. The summed E-state index contributed by atoms with van der Waals surface area (Å²) < 4.78 is 0. The van der Waals surface area contributed by atoms with Crippen LogP contribution in [0.1, 0.15) is 49.7 Å². The molecule has 6 aliphatic carbocycles. The molecule has 0 N–H and O–H groups in total. The second-order valence-corrected chi connectivity index (χ2v) is 21.9. The van der Waals surface area contributed by atoms with Gasteiger partial charge < -0.3 is 0 Å². The quantitative estimate of drug-likeness (QED) is 0.129. The minimum absolute atomic E-state index is 0.0630. The van der Waals surface area contributed by atoms with Crippen molar-refractivity contribution in [2.75, 3.05) is 0 Å². The molecule has 0 saturated carbocycles. The van der Waals surface area contributed by atoms with Crippen molar-refractivity contribution in [2.24, 2.45) is 0 Å². The third kappa shape index (κ3) is 3.13. The number of rotatable bonds is 2. The Morgan fingerprint density at radius 2 is 1.11 bits per heavy atom. The third-order valence-corrected chi connectivity index (χ3v) is 15.4. The van der Waals surface area contributed by atoms with Crippen LogP contribution in [0.25, 0.3) is 77.2 Å². The maximum atomic E-state index is 15.0. The molecule has 8 aromatic carbocycles. The molecule has 0 aliphatic heterocycles. The predicted octanol–water partition coefficient (Wildman–Crippen LogP) is 12.4. The van der Waals surface area contributed by atoms with E-state index in [1.165, 1.54) is 99.1 Å². The second-order valence-electron chi connectivity index (χ2n) is 16.9. The number of ketones is 1. The first-order valence-electron chi connectivity index (χ1n) is 19.3. The lowest BCUT2D eigenvalue weighted by atomic mass is 9.51. The van der Waals surface area contributed by atoms with Gasteiger partial charge in [0.1, 0.15) is 0 Å². The first kappa shape index (κ1) is 29.4. The molecule has 0 aromatic heterocycles. The maximum absolute atomic E-state index is 15.0. The highest BCUT2D eigenvalue weighted by Crippen LogP contribution is 2.69. The number of carbonyl (C=O) groups is 1. The smallest absolute Gasteiger partial charge is 0.194 e. The van der Waals surface area contributed by atoms with E-state index in [2.05, 4.69) is 159 Å². The molecular weight excluding hydrogens is 669 g/mol. The Hall–Kier alpha value is -6.09. The highest BCUT2D eigenvalue weighted by atomic mass is 28.3. The lowest BCUT2D eigenvalue weighted by Crippen LogP contribution is -2.43. The SMILES string of the molecule is C[Si](C)(C)c1c2c(c3c(-c4ccccc4)c4c(c5c3c1-c1ccccc1-5)[C@]13C=C[C@H]4c4cccc(c41)-c1cccc4cccc3c14)-c1ccccc1C2=O. The highest BCUT2D eigenvalue weighted by Gasteiger charge is 2.55. The molecule has 0 radical (unpaired) electrons. The van der Waals surface area contributed by atoms with Gasteiger partial charge in [-0.2, -0.15) is 0 Å². The van der Waals surface area contributed by atoms with Gasteiger partial charge in [-0.05, 0) is 105 Å². The zero-order valence-corrected chi connectivity index (χ0v) is 31.3. The van der Waals surface area contributed by atoms with Crippen LogP contribution in [0.15, 0.2) is 146 Å². The van der Waals surface area contributed by atoms with Crippen LogP contribution in [0.4, 0.5) is 0 Å². The number of hydrogen-bond donors (Lipinski definition) is 0. The van der Waals surface area contributed by atoms with Crippen molar-refractivity contribution >= 4 is 40.6 Å². The third-order valence-electron chi connectivity index (χ3n) is 13.4. The van der Waals surface area contributed by atoms with Gasteiger partial charge in [0.15, 0.2) is 5.78 Å². The summed E-state index contributed by atoms with van der Waals surface area (Å²) >= 11 is 0. The standard InChI is InChI=1S/C52H34OSi/c1-54(2,3)51-44-31-19-8-7-18-30(31)43-46(44)45(41-33-20-9-10-21-37(33)50(53)47(41)51)40(29-14-5-4-6-15-29)42-34-26-27-52(49(42)43)38-25-12-17-28-16-11-22-32(39(28)38)35-23-13-24-36(34)48(35)52/h4-27,34H,1-3H3/t34-,52-/m0/s1. The van der Waals surface area contributed by atoms with Crippen LogP contribution in [0.3, 0.4) is 0 Å². The molecule has 0 amide bonds. The number of benzene rings is 8. The molecule has 0 fully saturated rings. The van der Waals surface area contributed by atoms with Gasteiger partial charge in [0.05, 0.1) is 13.5 Å². The van der Waals surface area contributed by atoms with E-state index < -0.39 is 13.5 Å². The van der Waals surface area contributed by atoms with Crippen LogP contribution in [0.5, 0.6) is 0 Å². The minimum atomic E-state index is -2.14. The molecule has 14 rings (SSSR count). The maximum Gasteiger partial charge on any atom is 0.194 e. The molecule has 2 bridgehead atoms. The molecule has 1 nitrogen and oxygen atoms in total. The Bertz CT molecular complexity index is 3150. The Labute approximate surface area is 315 Å². The number of allylic oxidation sites excluding steroid dienone is 2. The average molecular weight is 703 g/mol. The summed E-state index contributed by atoms with van der Waals surface area (Å²) in [5, 5.41) is 6.55. The number of carbonyl (C=O) groups excluding carboxylic acids is 1. The normalized spacial score (nSPS) is 18.5. The molecule has 0 unspecified atom stereocenters. The molecule has 252 valence electrons. The summed E-state index contributed by atoms with van der Waals surface area (Å²) in [6.07, 6.45) is 5.10. The summed E-state index contributed by atoms with van der Waals surface area (Å²) in [6.45, 7) is 7.30. The zero-order valence-electron chi connectivity index (χ0n) is 30.3. The van der Waals surface area contributed by atoms with E-state index in [0.29, 0.717) is 0 Å². The van der Waals surface area contributed by atoms with Crippen LogP contribution < -0.4 is 5.19 Å². The highest BCUT2D eigenvalue weighted by molar-refractivity contribution is 6.91. The Balaban J connectivity index is 1.37. The molecule has 1 spiro atoms. The summed E-state index contributed by atoms with van der Waals surface area (Å²) in [6, 6.07) is 49.5. The van der Waals surface area contributed by atoms with Crippen molar-refractivity contribution in [1.82, 2.24) is 0 Å². The number of hydrogen-bond acceptors (Lipinski definition) is 1. The topological polar surface area (TPSA) is 17.1 Å². The van der Waals surface area contributed by atoms with E-state index in [4.69, 9.17) is 0 Å². The summed E-state index contributed by atoms with van der Waals surface area (Å²) in [5.41, 5.74) is 21.0. The van der Waals surface area contributed by atoms with Gasteiger partial charge in [-0.25, -0.2) is 0 Å². The molecule has 6 aliphatic rings. The van der Waals surface area contributed by atoms with E-state index in [9.17, 15) is 0 Å². The average Bonchev–Trinajstić information content (AvgIpc) is 3.69. The fourth-order valence-electron chi connectivity index (χ4n) is 11.8. The molecule has 2 atom stereocenters. The van der Waals surface area contributed by atoms with Crippen molar-refractivity contribution in [1.29, 1.82) is 0 Å². The van der Waals surface area contributed by atoms with Crippen molar-refractivity contribution in [2.45, 2.75) is 31.0 Å². The van der Waals surface area contributed by atoms with Gasteiger partial charge >= 0.3 is 0 Å². The summed E-state index contributed by atoms with van der Waals surface area (Å²) in [7, 11) is -2.14. The van der Waals surface area contributed by atoms with Gasteiger partial charge in [0.25, 0.3) is 0 Å². The van der Waals surface area contributed by atoms with Crippen LogP contribution >= 0.6 is 0 Å². The van der Waals surface area contributed by atoms with Crippen molar-refractivity contribution in [3.05, 3.63) is 185 Å². The first-order valence-corrected chi connectivity index (χ1v) is 22.8. The van der Waals surface area contributed by atoms with Crippen molar-refractivity contribution in [3.8, 4) is 55.6 Å². The van der Waals surface area contributed by atoms with Crippen LogP contribution in [0.2, 0.25) is 19.6 Å². The van der Waals surface area contributed by atoms with E-state index >= 15 is 4.79 Å². The van der Waals surface area contributed by atoms with Gasteiger partial charge in [-0.15, -0.1) is 0 Å². The number of fused-ring (bicyclic) bond motifs is 8. The largest absolute Gasteiger partial charge is 0.289 e. The Morgan fingerprint density at radius 1 is 0.500 bits per heavy atom. The lowest BCUT2D eigenvalue weighted by Gasteiger charge is -2.51. The van der Waals surface area contributed by atoms with E-state index in [1.54, 1.807) is 0 Å². The van der Waals surface area contributed by atoms with Crippen LogP contribution in [-0.4, -0.2) is 13.9 Å². The monoisotopic (exact) mass is 702 g/mol. The van der Waals surface area contributed by atoms with Gasteiger partial charge in [0, 0.05) is 22.6 Å². The van der Waals surface area contributed by atoms with Gasteiger partial charge in [-0.1, -0.05) is 165 Å². The summed E-state index contributed by atoms with van der Waals surface area (Å²) in [4.78, 5) is 15.0. The Kier molecular flexibility index (Phi) is 5.18. The van der Waals surface area contributed by atoms with E-state index in [-0.39, 0.29) is 11.7 Å². The molecule has 54 heavy (non-hydrogen) atoms. The van der Waals surface area contributed by atoms with Crippen molar-refractivity contribution < 1.29 is 4.79 Å². The lowest BCUT2D eigenvalue weighted by molar-refractivity contribution is 0.104. The molecule has 0 heterocycles. The van der Waals surface area contributed by atoms with Crippen LogP contribution in [0, 0.1) is 0 Å². The van der Waals surface area contributed by atoms with E-state index in [0.717, 1.165) is 22.3 Å². The second kappa shape index (κ2) is 9.52.